The van der Waals surface area contributed by atoms with Crippen molar-refractivity contribution in [2.45, 2.75) is 136 Å². The number of unbranched alkanes of at least 4 members (excludes halogenated alkanes) is 6. The van der Waals surface area contributed by atoms with Crippen LogP contribution in [-0.4, -0.2) is 12.7 Å². The van der Waals surface area contributed by atoms with E-state index in [1.807, 2.05) is 0 Å². The van der Waals surface area contributed by atoms with E-state index in [1.54, 1.807) is 0 Å². The maximum atomic E-state index is 9.74. The molecule has 0 radical (unpaired) electrons. The second-order valence-corrected chi connectivity index (χ2v) is 9.97. The first-order valence-electron chi connectivity index (χ1n) is 12.7. The first-order valence-corrected chi connectivity index (χ1v) is 12.7. The second-order valence-electron chi connectivity index (χ2n) is 9.97. The van der Waals surface area contributed by atoms with Crippen LogP contribution in [0.5, 0.6) is 0 Å². The Labute approximate surface area is 175 Å². The molecule has 0 aliphatic heterocycles. The Hall–Kier alpha value is -0.550. The molecule has 162 valence electrons. The minimum absolute atomic E-state index is 0.0383. The van der Waals surface area contributed by atoms with E-state index in [1.165, 1.54) is 83.5 Å². The average Bonchev–Trinajstić information content (AvgIpc) is 2.74. The normalized spacial score (nSPS) is 30.8. The molecule has 0 atom stereocenters. The molecule has 2 aliphatic rings. The minimum Gasteiger partial charge on any atom is -0.378 e. The van der Waals surface area contributed by atoms with Crippen LogP contribution in [0.4, 0.5) is 0 Å². The highest BCUT2D eigenvalue weighted by Gasteiger charge is 2.35. The third-order valence-corrected chi connectivity index (χ3v) is 7.64. The molecule has 2 aliphatic carbocycles. The fourth-order valence-electron chi connectivity index (χ4n) is 5.44. The second kappa shape index (κ2) is 13.6. The molecular formula is C26H47NO. The molecular weight excluding hydrogens is 342 g/mol. The Balaban J connectivity index is 1.57. The summed E-state index contributed by atoms with van der Waals surface area (Å²) < 4.78 is 6.34. The van der Waals surface area contributed by atoms with Crippen LogP contribution in [0.25, 0.3) is 0 Å². The summed E-state index contributed by atoms with van der Waals surface area (Å²) in [4.78, 5) is 0. The lowest BCUT2D eigenvalue weighted by Gasteiger charge is -2.36. The summed E-state index contributed by atoms with van der Waals surface area (Å²) in [6, 6.07) is 2.69. The summed E-state index contributed by atoms with van der Waals surface area (Å²) in [5.74, 6) is 1.79. The van der Waals surface area contributed by atoms with Gasteiger partial charge in [0, 0.05) is 6.61 Å². The molecule has 0 amide bonds. The largest absolute Gasteiger partial charge is 0.378 e. The van der Waals surface area contributed by atoms with Crippen LogP contribution in [0, 0.1) is 28.6 Å². The summed E-state index contributed by atoms with van der Waals surface area (Å²) in [7, 11) is 0. The minimum atomic E-state index is -0.0383. The van der Waals surface area contributed by atoms with E-state index >= 15 is 0 Å². The van der Waals surface area contributed by atoms with E-state index in [-0.39, 0.29) is 5.41 Å². The Bertz CT molecular complexity index is 424. The summed E-state index contributed by atoms with van der Waals surface area (Å²) >= 11 is 0. The van der Waals surface area contributed by atoms with Gasteiger partial charge in [0.2, 0.25) is 0 Å². The molecule has 0 aromatic carbocycles. The third-order valence-electron chi connectivity index (χ3n) is 7.64. The zero-order chi connectivity index (χ0) is 20.1. The zero-order valence-corrected chi connectivity index (χ0v) is 19.0. The van der Waals surface area contributed by atoms with Crippen LogP contribution in [0.15, 0.2) is 0 Å². The number of hydrogen-bond donors (Lipinski definition) is 0. The van der Waals surface area contributed by atoms with Gasteiger partial charge in [-0.3, -0.25) is 0 Å². The molecule has 2 nitrogen and oxygen atoms in total. The number of ether oxygens (including phenoxy) is 1. The van der Waals surface area contributed by atoms with Crippen LogP contribution >= 0.6 is 0 Å². The number of nitrogens with zero attached hydrogens (tertiary/aromatic N) is 1. The molecule has 2 saturated carbocycles. The van der Waals surface area contributed by atoms with Gasteiger partial charge in [0.1, 0.15) is 0 Å². The molecule has 2 rings (SSSR count). The van der Waals surface area contributed by atoms with Crippen molar-refractivity contribution in [2.24, 2.45) is 17.3 Å². The van der Waals surface area contributed by atoms with Gasteiger partial charge in [0.15, 0.2) is 0 Å². The van der Waals surface area contributed by atoms with Gasteiger partial charge < -0.3 is 4.74 Å². The molecule has 0 aromatic heterocycles. The Morgan fingerprint density at radius 1 is 0.786 bits per heavy atom. The van der Waals surface area contributed by atoms with E-state index in [2.05, 4.69) is 19.9 Å². The molecule has 0 N–H and O–H groups in total. The Morgan fingerprint density at radius 3 is 2.00 bits per heavy atom. The van der Waals surface area contributed by atoms with E-state index in [4.69, 9.17) is 4.74 Å². The standard InChI is InChI=1S/C26H47NO/c1-3-5-7-9-11-23-12-14-24(15-13-23)21-28-25-16-19-26(22-27,20-17-25)18-10-8-6-4-2/h23-25H,3-21H2,1-2H3. The Morgan fingerprint density at radius 2 is 1.39 bits per heavy atom. The number of nitriles is 1. The molecule has 2 heteroatoms. The van der Waals surface area contributed by atoms with Crippen molar-refractivity contribution in [1.29, 1.82) is 5.26 Å². The van der Waals surface area contributed by atoms with E-state index in [0.29, 0.717) is 6.10 Å². The highest BCUT2D eigenvalue weighted by Crippen LogP contribution is 2.41. The van der Waals surface area contributed by atoms with Crippen LogP contribution in [0.1, 0.15) is 129 Å². The lowest BCUT2D eigenvalue weighted by molar-refractivity contribution is -0.0185. The average molecular weight is 390 g/mol. The van der Waals surface area contributed by atoms with Crippen LogP contribution in [0.2, 0.25) is 0 Å². The summed E-state index contributed by atoms with van der Waals surface area (Å²) in [5.41, 5.74) is -0.0383. The molecule has 0 unspecified atom stereocenters. The maximum Gasteiger partial charge on any atom is 0.0689 e. The van der Waals surface area contributed by atoms with E-state index in [0.717, 1.165) is 50.5 Å². The fraction of sp³-hybridized carbons (Fsp3) is 0.962. The number of hydrogen-bond acceptors (Lipinski definition) is 2. The highest BCUT2D eigenvalue weighted by atomic mass is 16.5. The van der Waals surface area contributed by atoms with Gasteiger partial charge in [-0.1, -0.05) is 84.5 Å². The summed E-state index contributed by atoms with van der Waals surface area (Å²) in [6.45, 7) is 5.53. The van der Waals surface area contributed by atoms with Crippen molar-refractivity contribution in [3.05, 3.63) is 0 Å². The monoisotopic (exact) mass is 389 g/mol. The van der Waals surface area contributed by atoms with Crippen molar-refractivity contribution >= 4 is 0 Å². The van der Waals surface area contributed by atoms with Gasteiger partial charge in [-0.2, -0.15) is 5.26 Å². The van der Waals surface area contributed by atoms with Gasteiger partial charge in [-0.05, 0) is 56.8 Å². The molecule has 0 spiro atoms. The van der Waals surface area contributed by atoms with Crippen LogP contribution < -0.4 is 0 Å². The van der Waals surface area contributed by atoms with E-state index < -0.39 is 0 Å². The van der Waals surface area contributed by atoms with Crippen molar-refractivity contribution in [1.82, 2.24) is 0 Å². The molecule has 2 fully saturated rings. The topological polar surface area (TPSA) is 33.0 Å². The zero-order valence-electron chi connectivity index (χ0n) is 19.0. The molecule has 0 heterocycles. The van der Waals surface area contributed by atoms with Gasteiger partial charge in [0.05, 0.1) is 17.6 Å². The lowest BCUT2D eigenvalue weighted by atomic mass is 9.71. The fourth-order valence-corrected chi connectivity index (χ4v) is 5.44. The highest BCUT2D eigenvalue weighted by molar-refractivity contribution is 5.01. The third kappa shape index (κ3) is 8.44. The molecule has 28 heavy (non-hydrogen) atoms. The predicted octanol–water partition coefficient (Wildman–Crippen LogP) is 8.20. The first-order chi connectivity index (χ1) is 13.7. The molecule has 0 saturated heterocycles. The lowest BCUT2D eigenvalue weighted by Crippen LogP contribution is -2.31. The van der Waals surface area contributed by atoms with Crippen molar-refractivity contribution in [2.75, 3.05) is 6.61 Å². The maximum absolute atomic E-state index is 9.74. The van der Waals surface area contributed by atoms with Gasteiger partial charge in [-0.25, -0.2) is 0 Å². The number of rotatable bonds is 13. The van der Waals surface area contributed by atoms with Gasteiger partial charge in [-0.15, -0.1) is 0 Å². The molecule has 0 aromatic rings. The van der Waals surface area contributed by atoms with Crippen molar-refractivity contribution in [3.8, 4) is 6.07 Å². The molecule has 0 bridgehead atoms. The van der Waals surface area contributed by atoms with Crippen LogP contribution in [0.3, 0.4) is 0 Å². The predicted molar refractivity (Wildman–Crippen MR) is 119 cm³/mol. The SMILES string of the molecule is CCCCCCC1CCC(COC2CCC(C#N)(CCCCCC)CC2)CC1. The smallest absolute Gasteiger partial charge is 0.0689 e. The van der Waals surface area contributed by atoms with Gasteiger partial charge >= 0.3 is 0 Å². The quantitative estimate of drug-likeness (QED) is 0.297. The van der Waals surface area contributed by atoms with E-state index in [9.17, 15) is 5.26 Å². The van der Waals surface area contributed by atoms with Crippen molar-refractivity contribution < 1.29 is 4.74 Å². The summed E-state index contributed by atoms with van der Waals surface area (Å²) in [5, 5.41) is 9.74. The van der Waals surface area contributed by atoms with Crippen LogP contribution in [-0.2, 0) is 4.74 Å². The van der Waals surface area contributed by atoms with Gasteiger partial charge in [0.25, 0.3) is 0 Å². The summed E-state index contributed by atoms with van der Waals surface area (Å²) in [6.07, 6.45) is 23.7. The Kier molecular flexibility index (Phi) is 11.6. The van der Waals surface area contributed by atoms with Crippen molar-refractivity contribution in [3.63, 3.8) is 0 Å². The first kappa shape index (κ1) is 23.7.